The number of alkyl halides is 1. The third kappa shape index (κ3) is 6.41. The Morgan fingerprint density at radius 2 is 1.53 bits per heavy atom. The van der Waals surface area contributed by atoms with Crippen molar-refractivity contribution in [3.05, 3.63) is 78.5 Å². The molecule has 4 rings (SSSR count). The van der Waals surface area contributed by atoms with Crippen LogP contribution in [0, 0.1) is 0 Å². The van der Waals surface area contributed by atoms with Crippen LogP contribution < -0.4 is 19.5 Å². The topological polar surface area (TPSA) is 52.6 Å². The Bertz CT molecular complexity index is 1280. The van der Waals surface area contributed by atoms with Crippen LogP contribution >= 0.6 is 11.6 Å². The molecule has 4 aromatic rings. The number of nitrogens with one attached hydrogen (secondary N) is 1. The average molecular weight is 505 g/mol. The normalized spacial score (nSPS) is 11.4. The molecule has 3 aromatic carbocycles. The molecule has 0 radical (unpaired) electrons. The lowest BCUT2D eigenvalue weighted by molar-refractivity contribution is 0.289. The highest BCUT2D eigenvalue weighted by Gasteiger charge is 2.14. The van der Waals surface area contributed by atoms with Crippen molar-refractivity contribution in [2.45, 2.75) is 39.0 Å². The zero-order valence-corrected chi connectivity index (χ0v) is 22.1. The van der Waals surface area contributed by atoms with Crippen LogP contribution in [0.5, 0.6) is 23.0 Å². The number of ether oxygens (including phenoxy) is 3. The maximum Gasteiger partial charge on any atom is 0.163 e. The van der Waals surface area contributed by atoms with Gasteiger partial charge in [-0.1, -0.05) is 32.9 Å². The van der Waals surface area contributed by atoms with E-state index in [4.69, 9.17) is 25.8 Å². The van der Waals surface area contributed by atoms with Crippen molar-refractivity contribution in [2.75, 3.05) is 24.9 Å². The highest BCUT2D eigenvalue weighted by molar-refractivity contribution is 6.17. The van der Waals surface area contributed by atoms with Crippen molar-refractivity contribution in [1.82, 2.24) is 4.98 Å². The maximum absolute atomic E-state index is 6.22. The highest BCUT2D eigenvalue weighted by Crippen LogP contribution is 2.37. The number of unbranched alkanes of at least 4 members (excludes halogenated alkanes) is 1. The molecule has 0 amide bonds. The lowest BCUT2D eigenvalue weighted by Gasteiger charge is -2.19. The quantitative estimate of drug-likeness (QED) is 0.173. The summed E-state index contributed by atoms with van der Waals surface area (Å²) in [6, 6.07) is 22.1. The van der Waals surface area contributed by atoms with Gasteiger partial charge in [0, 0.05) is 34.9 Å². The molecule has 6 heteroatoms. The second-order valence-corrected chi connectivity index (χ2v) is 10.0. The summed E-state index contributed by atoms with van der Waals surface area (Å²) in [6.45, 7) is 7.22. The molecule has 0 aliphatic heterocycles. The molecule has 5 nitrogen and oxygen atoms in total. The van der Waals surface area contributed by atoms with Gasteiger partial charge in [-0.25, -0.2) is 0 Å². The SMILES string of the molecule is COc1cc2c(Oc3ccc(Nc4ccc(C(C)(C)C)cc4)cc3)ccnc2cc1OCCCCCl. The minimum Gasteiger partial charge on any atom is -0.493 e. The van der Waals surface area contributed by atoms with Gasteiger partial charge in [0.1, 0.15) is 11.5 Å². The van der Waals surface area contributed by atoms with Crippen molar-refractivity contribution in [2.24, 2.45) is 0 Å². The smallest absolute Gasteiger partial charge is 0.163 e. The molecule has 188 valence electrons. The van der Waals surface area contributed by atoms with E-state index < -0.39 is 0 Å². The fourth-order valence-corrected chi connectivity index (χ4v) is 4.01. The van der Waals surface area contributed by atoms with Gasteiger partial charge in [0.25, 0.3) is 0 Å². The second-order valence-electron chi connectivity index (χ2n) is 9.65. The molecule has 0 aliphatic carbocycles. The summed E-state index contributed by atoms with van der Waals surface area (Å²) < 4.78 is 17.7. The molecule has 0 atom stereocenters. The predicted molar refractivity (Wildman–Crippen MR) is 149 cm³/mol. The number of hydrogen-bond acceptors (Lipinski definition) is 5. The van der Waals surface area contributed by atoms with Gasteiger partial charge >= 0.3 is 0 Å². The zero-order valence-electron chi connectivity index (χ0n) is 21.3. The number of anilines is 2. The van der Waals surface area contributed by atoms with Crippen molar-refractivity contribution < 1.29 is 14.2 Å². The highest BCUT2D eigenvalue weighted by atomic mass is 35.5. The molecule has 0 bridgehead atoms. The molecule has 36 heavy (non-hydrogen) atoms. The van der Waals surface area contributed by atoms with Gasteiger partial charge in [0.2, 0.25) is 0 Å². The lowest BCUT2D eigenvalue weighted by Crippen LogP contribution is -2.10. The summed E-state index contributed by atoms with van der Waals surface area (Å²) in [5, 5.41) is 4.30. The van der Waals surface area contributed by atoms with Crippen LogP contribution in [0.3, 0.4) is 0 Å². The van der Waals surface area contributed by atoms with Crippen molar-refractivity contribution in [3.8, 4) is 23.0 Å². The molecular formula is C30H33ClN2O3. The summed E-state index contributed by atoms with van der Waals surface area (Å²) in [6.07, 6.45) is 3.53. The first-order valence-corrected chi connectivity index (χ1v) is 12.7. The van der Waals surface area contributed by atoms with Gasteiger partial charge in [-0.05, 0) is 72.4 Å². The first-order chi connectivity index (χ1) is 17.4. The van der Waals surface area contributed by atoms with Crippen LogP contribution in [-0.4, -0.2) is 24.6 Å². The van der Waals surface area contributed by atoms with E-state index in [0.717, 1.165) is 40.9 Å². The molecule has 0 saturated heterocycles. The van der Waals surface area contributed by atoms with E-state index in [-0.39, 0.29) is 5.41 Å². The first kappa shape index (κ1) is 25.6. The number of hydrogen-bond donors (Lipinski definition) is 1. The summed E-state index contributed by atoms with van der Waals surface area (Å²) in [7, 11) is 1.63. The molecule has 0 spiro atoms. The fraction of sp³-hybridized carbons (Fsp3) is 0.300. The van der Waals surface area contributed by atoms with Crippen molar-refractivity contribution in [1.29, 1.82) is 0 Å². The number of halogens is 1. The summed E-state index contributed by atoms with van der Waals surface area (Å²) >= 11 is 5.76. The Morgan fingerprint density at radius 1 is 0.833 bits per heavy atom. The molecule has 1 N–H and O–H groups in total. The Balaban J connectivity index is 1.48. The fourth-order valence-electron chi connectivity index (χ4n) is 3.82. The number of nitrogens with zero attached hydrogens (tertiary/aromatic N) is 1. The van der Waals surface area contributed by atoms with Gasteiger partial charge < -0.3 is 19.5 Å². The molecule has 1 aromatic heterocycles. The Morgan fingerprint density at radius 3 is 2.17 bits per heavy atom. The van der Waals surface area contributed by atoms with Gasteiger partial charge in [-0.2, -0.15) is 0 Å². The number of pyridine rings is 1. The number of aromatic nitrogens is 1. The van der Waals surface area contributed by atoms with Crippen LogP contribution in [-0.2, 0) is 5.41 Å². The minimum atomic E-state index is 0.136. The lowest BCUT2D eigenvalue weighted by atomic mass is 9.87. The van der Waals surface area contributed by atoms with Crippen LogP contribution in [0.1, 0.15) is 39.2 Å². The van der Waals surface area contributed by atoms with Gasteiger partial charge in [-0.3, -0.25) is 4.98 Å². The second kappa shape index (κ2) is 11.5. The van der Waals surface area contributed by atoms with E-state index >= 15 is 0 Å². The zero-order chi connectivity index (χ0) is 25.5. The standard InChI is InChI=1S/C30H33ClN2O3/c1-30(2,3)21-7-9-22(10-8-21)33-23-11-13-24(14-12-23)36-27-15-17-32-26-20-29(35-18-6-5-16-31)28(34-4)19-25(26)27/h7-15,17,19-20,33H,5-6,16,18H2,1-4H3. The Kier molecular flexibility index (Phi) is 8.21. The monoisotopic (exact) mass is 504 g/mol. The van der Waals surface area contributed by atoms with E-state index in [1.54, 1.807) is 13.3 Å². The largest absolute Gasteiger partial charge is 0.493 e. The molecule has 0 aliphatic rings. The number of benzene rings is 3. The first-order valence-electron chi connectivity index (χ1n) is 12.2. The van der Waals surface area contributed by atoms with E-state index in [2.05, 4.69) is 55.3 Å². The van der Waals surface area contributed by atoms with Crippen LogP contribution in [0.2, 0.25) is 0 Å². The van der Waals surface area contributed by atoms with Gasteiger partial charge in [-0.15, -0.1) is 11.6 Å². The van der Waals surface area contributed by atoms with Crippen molar-refractivity contribution in [3.63, 3.8) is 0 Å². The van der Waals surface area contributed by atoms with Crippen LogP contribution in [0.4, 0.5) is 11.4 Å². The van der Waals surface area contributed by atoms with E-state index in [0.29, 0.717) is 29.7 Å². The molecule has 0 unspecified atom stereocenters. The number of methoxy groups -OCH3 is 1. The number of fused-ring (bicyclic) bond motifs is 1. The summed E-state index contributed by atoms with van der Waals surface area (Å²) in [5.74, 6) is 3.36. The van der Waals surface area contributed by atoms with E-state index in [1.807, 2.05) is 42.5 Å². The minimum absolute atomic E-state index is 0.136. The predicted octanol–water partition coefficient (Wildman–Crippen LogP) is 8.47. The van der Waals surface area contributed by atoms with Gasteiger partial charge in [0.15, 0.2) is 11.5 Å². The van der Waals surface area contributed by atoms with Crippen molar-refractivity contribution >= 4 is 33.9 Å². The Labute approximate surface area is 218 Å². The third-order valence-electron chi connectivity index (χ3n) is 5.89. The van der Waals surface area contributed by atoms with Crippen LogP contribution in [0.25, 0.3) is 10.9 Å². The molecule has 0 saturated carbocycles. The van der Waals surface area contributed by atoms with Crippen LogP contribution in [0.15, 0.2) is 72.9 Å². The van der Waals surface area contributed by atoms with E-state index in [1.165, 1.54) is 5.56 Å². The van der Waals surface area contributed by atoms with E-state index in [9.17, 15) is 0 Å². The third-order valence-corrected chi connectivity index (χ3v) is 6.16. The molecule has 0 fully saturated rings. The number of rotatable bonds is 10. The summed E-state index contributed by atoms with van der Waals surface area (Å²) in [4.78, 5) is 4.50. The Hall–Kier alpha value is -3.44. The summed E-state index contributed by atoms with van der Waals surface area (Å²) in [5.41, 5.74) is 4.26. The molecule has 1 heterocycles. The molecular weight excluding hydrogens is 472 g/mol. The average Bonchev–Trinajstić information content (AvgIpc) is 2.87. The maximum atomic E-state index is 6.22. The van der Waals surface area contributed by atoms with Gasteiger partial charge in [0.05, 0.1) is 19.2 Å².